The number of aryl methyl sites for hydroxylation is 1. The van der Waals surface area contributed by atoms with E-state index in [-0.39, 0.29) is 0 Å². The highest BCUT2D eigenvalue weighted by Crippen LogP contribution is 2.28. The minimum atomic E-state index is 0.608. The molecule has 0 radical (unpaired) electrons. The van der Waals surface area contributed by atoms with Crippen LogP contribution >= 0.6 is 11.3 Å². The molecule has 2 nitrogen and oxygen atoms in total. The van der Waals surface area contributed by atoms with Gasteiger partial charge in [-0.15, -0.1) is 11.3 Å². The molecular formula is C11H12N2S. The quantitative estimate of drug-likeness (QED) is 0.816. The lowest BCUT2D eigenvalue weighted by Gasteiger charge is -1.99. The monoisotopic (exact) mass is 204 g/mol. The number of nitrogens with two attached hydrogens (primary N) is 1. The number of aromatic nitrogens is 1. The van der Waals surface area contributed by atoms with Gasteiger partial charge in [0.15, 0.2) is 0 Å². The molecule has 0 fully saturated rings. The highest BCUT2D eigenvalue weighted by Gasteiger charge is 2.05. The van der Waals surface area contributed by atoms with Crippen molar-refractivity contribution in [3.05, 3.63) is 40.9 Å². The van der Waals surface area contributed by atoms with Crippen LogP contribution in [0.15, 0.2) is 30.5 Å². The van der Waals surface area contributed by atoms with E-state index in [4.69, 9.17) is 5.73 Å². The smallest absolute Gasteiger partial charge is 0.0830 e. The summed E-state index contributed by atoms with van der Waals surface area (Å²) in [7, 11) is 0. The Morgan fingerprint density at radius 3 is 2.86 bits per heavy atom. The first-order valence-corrected chi connectivity index (χ1v) is 5.33. The van der Waals surface area contributed by atoms with E-state index in [2.05, 4.69) is 30.1 Å². The van der Waals surface area contributed by atoms with Crippen molar-refractivity contribution in [2.75, 3.05) is 0 Å². The molecule has 3 heteroatoms. The molecule has 2 aromatic heterocycles. The van der Waals surface area contributed by atoms with Gasteiger partial charge in [0.2, 0.25) is 0 Å². The van der Waals surface area contributed by atoms with Gasteiger partial charge in [0.25, 0.3) is 0 Å². The lowest BCUT2D eigenvalue weighted by atomic mass is 10.2. The Labute approximate surface area is 87.4 Å². The van der Waals surface area contributed by atoms with Crippen molar-refractivity contribution in [1.82, 2.24) is 4.98 Å². The molecule has 0 aliphatic rings. The molecular weight excluding hydrogens is 192 g/mol. The average Bonchev–Trinajstić information content (AvgIpc) is 2.67. The van der Waals surface area contributed by atoms with E-state index < -0.39 is 0 Å². The van der Waals surface area contributed by atoms with Crippen molar-refractivity contribution in [3.63, 3.8) is 0 Å². The topological polar surface area (TPSA) is 38.9 Å². The van der Waals surface area contributed by atoms with Crippen molar-refractivity contribution >= 4 is 11.3 Å². The van der Waals surface area contributed by atoms with Gasteiger partial charge < -0.3 is 5.73 Å². The summed E-state index contributed by atoms with van der Waals surface area (Å²) in [5.41, 5.74) is 7.84. The third-order valence-corrected chi connectivity index (χ3v) is 3.22. The molecule has 0 aliphatic carbocycles. The Morgan fingerprint density at radius 1 is 1.36 bits per heavy atom. The van der Waals surface area contributed by atoms with Gasteiger partial charge in [0, 0.05) is 17.6 Å². The molecule has 0 spiro atoms. The predicted octanol–water partition coefficient (Wildman–Crippen LogP) is 2.58. The Morgan fingerprint density at radius 2 is 2.21 bits per heavy atom. The number of nitrogens with zero attached hydrogens (tertiary/aromatic N) is 1. The summed E-state index contributed by atoms with van der Waals surface area (Å²) in [6, 6.07) is 8.18. The fraction of sp³-hybridized carbons (Fsp3) is 0.182. The molecule has 72 valence electrons. The molecule has 0 amide bonds. The normalized spacial score (nSPS) is 10.4. The number of pyridine rings is 1. The van der Waals surface area contributed by atoms with Crippen LogP contribution in [0.2, 0.25) is 0 Å². The molecule has 2 N–H and O–H groups in total. The van der Waals surface area contributed by atoms with Crippen molar-refractivity contribution in [1.29, 1.82) is 0 Å². The predicted molar refractivity (Wildman–Crippen MR) is 60.2 cm³/mol. The van der Waals surface area contributed by atoms with Crippen molar-refractivity contribution in [3.8, 4) is 10.6 Å². The summed E-state index contributed by atoms with van der Waals surface area (Å²) >= 11 is 1.71. The van der Waals surface area contributed by atoms with E-state index in [1.807, 2.05) is 12.3 Å². The molecule has 0 aromatic carbocycles. The summed E-state index contributed by atoms with van der Waals surface area (Å²) in [6.45, 7) is 2.68. The zero-order valence-corrected chi connectivity index (χ0v) is 8.84. The lowest BCUT2D eigenvalue weighted by molar-refractivity contribution is 1.11. The SMILES string of the molecule is Cc1cccnc1-c1ccc(CN)s1. The van der Waals surface area contributed by atoms with Gasteiger partial charge in [-0.3, -0.25) is 4.98 Å². The number of thiophene rings is 1. The van der Waals surface area contributed by atoms with Crippen molar-refractivity contribution < 1.29 is 0 Å². The number of hydrogen-bond donors (Lipinski definition) is 1. The Kier molecular flexibility index (Phi) is 2.61. The number of rotatable bonds is 2. The molecule has 2 heterocycles. The van der Waals surface area contributed by atoms with E-state index in [1.165, 1.54) is 15.3 Å². The minimum Gasteiger partial charge on any atom is -0.326 e. The van der Waals surface area contributed by atoms with Crippen LogP contribution in [0.1, 0.15) is 10.4 Å². The standard InChI is InChI=1S/C11H12N2S/c1-8-3-2-6-13-11(8)10-5-4-9(7-12)14-10/h2-6H,7,12H2,1H3. The zero-order valence-electron chi connectivity index (χ0n) is 8.03. The van der Waals surface area contributed by atoms with Gasteiger partial charge >= 0.3 is 0 Å². The maximum absolute atomic E-state index is 5.57. The van der Waals surface area contributed by atoms with Crippen LogP contribution in [-0.2, 0) is 6.54 Å². The second-order valence-electron chi connectivity index (χ2n) is 3.14. The average molecular weight is 204 g/mol. The molecule has 0 unspecified atom stereocenters. The summed E-state index contributed by atoms with van der Waals surface area (Å²) < 4.78 is 0. The van der Waals surface area contributed by atoms with E-state index in [0.717, 1.165) is 5.69 Å². The van der Waals surface area contributed by atoms with Gasteiger partial charge in [-0.2, -0.15) is 0 Å². The van der Waals surface area contributed by atoms with Gasteiger partial charge in [-0.1, -0.05) is 6.07 Å². The summed E-state index contributed by atoms with van der Waals surface area (Å²) in [5, 5.41) is 0. The summed E-state index contributed by atoms with van der Waals surface area (Å²) in [5.74, 6) is 0. The zero-order chi connectivity index (χ0) is 9.97. The number of hydrogen-bond acceptors (Lipinski definition) is 3. The molecule has 0 saturated carbocycles. The Hall–Kier alpha value is -1.19. The van der Waals surface area contributed by atoms with Crippen LogP contribution in [0.4, 0.5) is 0 Å². The summed E-state index contributed by atoms with van der Waals surface area (Å²) in [4.78, 5) is 6.76. The van der Waals surface area contributed by atoms with Crippen LogP contribution in [0.3, 0.4) is 0 Å². The molecule has 0 aliphatic heterocycles. The molecule has 0 atom stereocenters. The maximum atomic E-state index is 5.57. The van der Waals surface area contributed by atoms with Gasteiger partial charge in [0.1, 0.15) is 0 Å². The Bertz CT molecular complexity index is 434. The highest BCUT2D eigenvalue weighted by atomic mass is 32.1. The highest BCUT2D eigenvalue weighted by molar-refractivity contribution is 7.15. The van der Waals surface area contributed by atoms with Crippen molar-refractivity contribution in [2.24, 2.45) is 5.73 Å². The fourth-order valence-electron chi connectivity index (χ4n) is 1.36. The first-order valence-electron chi connectivity index (χ1n) is 4.52. The molecule has 0 saturated heterocycles. The third kappa shape index (κ3) is 1.69. The fourth-order valence-corrected chi connectivity index (χ4v) is 2.31. The summed E-state index contributed by atoms with van der Waals surface area (Å²) in [6.07, 6.45) is 1.82. The second kappa shape index (κ2) is 3.90. The van der Waals surface area contributed by atoms with Gasteiger partial charge in [-0.05, 0) is 30.7 Å². The second-order valence-corrected chi connectivity index (χ2v) is 4.31. The van der Waals surface area contributed by atoms with E-state index in [1.54, 1.807) is 11.3 Å². The molecule has 0 bridgehead atoms. The lowest BCUT2D eigenvalue weighted by Crippen LogP contribution is -1.91. The molecule has 2 rings (SSSR count). The van der Waals surface area contributed by atoms with Crippen LogP contribution in [0.25, 0.3) is 10.6 Å². The van der Waals surface area contributed by atoms with Crippen LogP contribution < -0.4 is 5.73 Å². The van der Waals surface area contributed by atoms with Crippen LogP contribution in [0, 0.1) is 6.92 Å². The largest absolute Gasteiger partial charge is 0.326 e. The van der Waals surface area contributed by atoms with Crippen LogP contribution in [0.5, 0.6) is 0 Å². The van der Waals surface area contributed by atoms with Gasteiger partial charge in [-0.25, -0.2) is 0 Å². The molecule has 2 aromatic rings. The van der Waals surface area contributed by atoms with E-state index in [9.17, 15) is 0 Å². The van der Waals surface area contributed by atoms with E-state index >= 15 is 0 Å². The third-order valence-electron chi connectivity index (χ3n) is 2.11. The first-order chi connectivity index (χ1) is 6.81. The Balaban J connectivity index is 2.44. The first kappa shape index (κ1) is 9.37. The maximum Gasteiger partial charge on any atom is 0.0830 e. The van der Waals surface area contributed by atoms with Gasteiger partial charge in [0.05, 0.1) is 10.6 Å². The molecule has 14 heavy (non-hydrogen) atoms. The minimum absolute atomic E-state index is 0.608. The van der Waals surface area contributed by atoms with E-state index in [0.29, 0.717) is 6.54 Å². The van der Waals surface area contributed by atoms with Crippen molar-refractivity contribution in [2.45, 2.75) is 13.5 Å². The van der Waals surface area contributed by atoms with Crippen LogP contribution in [-0.4, -0.2) is 4.98 Å².